The zero-order chi connectivity index (χ0) is 43.7. The van der Waals surface area contributed by atoms with Gasteiger partial charge in [0.15, 0.2) is 0 Å². The normalized spacial score (nSPS) is 23.5. The molecule has 0 saturated heterocycles. The molecule has 0 aliphatic heterocycles. The molecule has 0 aromatic carbocycles. The number of amides is 1. The van der Waals surface area contributed by atoms with Gasteiger partial charge in [0.05, 0.1) is 31.3 Å². The Hall–Kier alpha value is -0.700. The molecule has 0 aromatic heterocycles. The number of phosphoric acid groups is 1. The molecule has 1 aliphatic rings. The highest BCUT2D eigenvalue weighted by Crippen LogP contribution is 2.47. The molecule has 0 spiro atoms. The van der Waals surface area contributed by atoms with Gasteiger partial charge in [-0.2, -0.15) is 0 Å². The van der Waals surface area contributed by atoms with Crippen molar-refractivity contribution >= 4 is 13.7 Å². The highest BCUT2D eigenvalue weighted by molar-refractivity contribution is 7.47. The summed E-state index contributed by atoms with van der Waals surface area (Å²) in [5, 5.41) is 74.6. The van der Waals surface area contributed by atoms with Crippen molar-refractivity contribution in [2.75, 3.05) is 6.61 Å². The van der Waals surface area contributed by atoms with Crippen molar-refractivity contribution in [2.45, 2.75) is 274 Å². The molecule has 0 radical (unpaired) electrons. The van der Waals surface area contributed by atoms with Crippen LogP contribution >= 0.6 is 7.82 Å². The van der Waals surface area contributed by atoms with Gasteiger partial charge in [0, 0.05) is 0 Å². The van der Waals surface area contributed by atoms with Crippen LogP contribution in [0.15, 0.2) is 0 Å². The maximum atomic E-state index is 13.0. The Bertz CT molecular complexity index is 1030. The summed E-state index contributed by atoms with van der Waals surface area (Å²) in [6, 6.07) is -1.15. The zero-order valence-corrected chi connectivity index (χ0v) is 38.1. The van der Waals surface area contributed by atoms with E-state index in [2.05, 4.69) is 19.2 Å². The Morgan fingerprint density at radius 2 is 0.847 bits per heavy atom. The summed E-state index contributed by atoms with van der Waals surface area (Å²) in [5.41, 5.74) is 0. The number of nitrogens with one attached hydrogen (secondary N) is 1. The lowest BCUT2D eigenvalue weighted by molar-refractivity contribution is -0.220. The average molecular weight is 868 g/mol. The van der Waals surface area contributed by atoms with Crippen LogP contribution in [0.5, 0.6) is 0 Å². The molecular formula is C45H90NO12P. The van der Waals surface area contributed by atoms with Gasteiger partial charge in [-0.1, -0.05) is 200 Å². The van der Waals surface area contributed by atoms with Crippen molar-refractivity contribution in [1.82, 2.24) is 5.32 Å². The van der Waals surface area contributed by atoms with E-state index in [0.29, 0.717) is 12.8 Å². The molecule has 8 atom stereocenters. The Morgan fingerprint density at radius 3 is 1.22 bits per heavy atom. The number of hydrogen-bond acceptors (Lipinski definition) is 11. The monoisotopic (exact) mass is 868 g/mol. The van der Waals surface area contributed by atoms with Gasteiger partial charge in [0.1, 0.15) is 36.6 Å². The highest BCUT2D eigenvalue weighted by atomic mass is 31.2. The molecule has 1 aliphatic carbocycles. The zero-order valence-electron chi connectivity index (χ0n) is 37.2. The minimum absolute atomic E-state index is 0.216. The van der Waals surface area contributed by atoms with Crippen LogP contribution in [0.2, 0.25) is 0 Å². The van der Waals surface area contributed by atoms with Crippen LogP contribution in [0.3, 0.4) is 0 Å². The fourth-order valence-corrected chi connectivity index (χ4v) is 8.98. The number of carbonyl (C=O) groups excluding carboxylic acids is 1. The fourth-order valence-electron chi connectivity index (χ4n) is 8.01. The molecular weight excluding hydrogens is 777 g/mol. The molecule has 0 heterocycles. The van der Waals surface area contributed by atoms with Crippen molar-refractivity contribution in [2.24, 2.45) is 0 Å². The van der Waals surface area contributed by atoms with E-state index in [9.17, 15) is 50.0 Å². The lowest BCUT2D eigenvalue weighted by atomic mass is 9.85. The van der Waals surface area contributed by atoms with Gasteiger partial charge in [-0.05, 0) is 12.8 Å². The van der Waals surface area contributed by atoms with E-state index in [-0.39, 0.29) is 12.8 Å². The van der Waals surface area contributed by atoms with E-state index in [1.165, 1.54) is 128 Å². The smallest absolute Gasteiger partial charge is 0.393 e. The third kappa shape index (κ3) is 27.9. The number of carbonyl (C=O) groups is 1. The van der Waals surface area contributed by atoms with Crippen molar-refractivity contribution in [1.29, 1.82) is 0 Å². The van der Waals surface area contributed by atoms with Gasteiger partial charge >= 0.3 is 7.82 Å². The van der Waals surface area contributed by atoms with Gasteiger partial charge in [-0.15, -0.1) is 0 Å². The SMILES string of the molecule is CCCCCCCCCCCCCCCCCCCCC(O)C(COP(=O)(O)OC1C(O)C(O)C(O)C(O)C1O)NC(=O)CC(O)CCCCCCCCCCCCC. The summed E-state index contributed by atoms with van der Waals surface area (Å²) >= 11 is 0. The quantitative estimate of drug-likeness (QED) is 0.0211. The van der Waals surface area contributed by atoms with Crippen LogP contribution in [0, 0.1) is 0 Å². The number of hydrogen-bond donors (Lipinski definition) is 9. The lowest BCUT2D eigenvalue weighted by Gasteiger charge is -2.41. The second-order valence-corrected chi connectivity index (χ2v) is 18.9. The van der Waals surface area contributed by atoms with E-state index in [1.807, 2.05) is 0 Å². The average Bonchev–Trinajstić information content (AvgIpc) is 3.21. The molecule has 1 fully saturated rings. The first-order valence-corrected chi connectivity index (χ1v) is 25.6. The number of phosphoric ester groups is 1. The summed E-state index contributed by atoms with van der Waals surface area (Å²) in [6.07, 6.45) is 21.5. The Balaban J connectivity index is 2.49. The van der Waals surface area contributed by atoms with E-state index >= 15 is 0 Å². The number of unbranched alkanes of at least 4 members (excludes halogenated alkanes) is 27. The van der Waals surface area contributed by atoms with Crippen LogP contribution in [0.1, 0.15) is 219 Å². The van der Waals surface area contributed by atoms with Crippen LogP contribution in [0.25, 0.3) is 0 Å². The lowest BCUT2D eigenvalue weighted by Crippen LogP contribution is -2.64. The molecule has 352 valence electrons. The third-order valence-electron chi connectivity index (χ3n) is 12.0. The van der Waals surface area contributed by atoms with E-state index in [1.54, 1.807) is 0 Å². The van der Waals surface area contributed by atoms with Crippen LogP contribution in [-0.4, -0.2) is 108 Å². The summed E-state index contributed by atoms with van der Waals surface area (Å²) in [7, 11) is -5.11. The van der Waals surface area contributed by atoms with Gasteiger partial charge in [0.2, 0.25) is 5.91 Å². The number of rotatable bonds is 40. The molecule has 1 saturated carbocycles. The van der Waals surface area contributed by atoms with Crippen molar-refractivity contribution in [3.8, 4) is 0 Å². The molecule has 0 bridgehead atoms. The van der Waals surface area contributed by atoms with Crippen molar-refractivity contribution < 1.29 is 59.0 Å². The largest absolute Gasteiger partial charge is 0.472 e. The Morgan fingerprint density at radius 1 is 0.525 bits per heavy atom. The first-order chi connectivity index (χ1) is 28.3. The topological polar surface area (TPSA) is 226 Å². The fraction of sp³-hybridized carbons (Fsp3) is 0.978. The molecule has 9 N–H and O–H groups in total. The summed E-state index contributed by atoms with van der Waals surface area (Å²) < 4.78 is 22.9. The van der Waals surface area contributed by atoms with Gasteiger partial charge in [0.25, 0.3) is 0 Å². The predicted octanol–water partition coefficient (Wildman–Crippen LogP) is 8.04. The molecule has 13 nitrogen and oxygen atoms in total. The van der Waals surface area contributed by atoms with Gasteiger partial charge in [-0.25, -0.2) is 4.57 Å². The Labute approximate surface area is 358 Å². The third-order valence-corrected chi connectivity index (χ3v) is 13.0. The molecule has 59 heavy (non-hydrogen) atoms. The minimum atomic E-state index is -5.11. The first-order valence-electron chi connectivity index (χ1n) is 24.1. The maximum absolute atomic E-state index is 13.0. The highest BCUT2D eigenvalue weighted by Gasteiger charge is 2.51. The number of aliphatic hydroxyl groups is 7. The van der Waals surface area contributed by atoms with Crippen LogP contribution in [-0.2, 0) is 18.4 Å². The summed E-state index contributed by atoms with van der Waals surface area (Å²) in [6.45, 7) is 3.79. The van der Waals surface area contributed by atoms with Gasteiger partial charge in [-0.3, -0.25) is 13.8 Å². The van der Waals surface area contributed by atoms with Crippen molar-refractivity contribution in [3.05, 3.63) is 0 Å². The first kappa shape index (κ1) is 56.3. The summed E-state index contributed by atoms with van der Waals surface area (Å²) in [4.78, 5) is 23.4. The maximum Gasteiger partial charge on any atom is 0.472 e. The van der Waals surface area contributed by atoms with Crippen LogP contribution < -0.4 is 5.32 Å². The second kappa shape index (κ2) is 35.7. The standard InChI is InChI=1S/C45H90NO12P/c1-3-5-7-9-11-13-15-16-17-18-19-20-21-23-25-27-29-31-33-38(48)37(35-57-59(55,56)58-45-43(53)41(51)40(50)42(52)44(45)54)46-39(49)34-36(47)32-30-28-26-24-22-14-12-10-8-6-4-2/h36-38,40-45,47-48,50-54H,3-35H2,1-2H3,(H,46,49)(H,55,56). The van der Waals surface area contributed by atoms with E-state index < -0.39 is 75.2 Å². The predicted molar refractivity (Wildman–Crippen MR) is 234 cm³/mol. The van der Waals surface area contributed by atoms with E-state index in [0.717, 1.165) is 51.4 Å². The van der Waals surface area contributed by atoms with E-state index in [4.69, 9.17) is 9.05 Å². The molecule has 1 rings (SSSR count). The van der Waals surface area contributed by atoms with Gasteiger partial charge < -0.3 is 46.0 Å². The Kier molecular flexibility index (Phi) is 34.1. The number of aliphatic hydroxyl groups excluding tert-OH is 7. The summed E-state index contributed by atoms with van der Waals surface area (Å²) in [5.74, 6) is -0.557. The minimum Gasteiger partial charge on any atom is -0.393 e. The van der Waals surface area contributed by atoms with Crippen molar-refractivity contribution in [3.63, 3.8) is 0 Å². The molecule has 14 heteroatoms. The molecule has 8 unspecified atom stereocenters. The van der Waals surface area contributed by atoms with Crippen LogP contribution in [0.4, 0.5) is 0 Å². The molecule has 1 amide bonds. The molecule has 0 aromatic rings. The second-order valence-electron chi connectivity index (χ2n) is 17.5.